The molecule has 76 valence electrons. The molecule has 0 aliphatic carbocycles. The predicted molar refractivity (Wildman–Crippen MR) is 63.7 cm³/mol. The van der Waals surface area contributed by atoms with E-state index in [1.807, 2.05) is 18.2 Å². The van der Waals surface area contributed by atoms with Crippen LogP contribution in [0.4, 0.5) is 0 Å². The maximum Gasteiger partial charge on any atom is 0.0703 e. The smallest absolute Gasteiger partial charge is 0.0703 e. The maximum absolute atomic E-state index is 9.66. The number of alkyl halides is 1. The first kappa shape index (κ1) is 11.5. The van der Waals surface area contributed by atoms with Crippen LogP contribution in [0.2, 0.25) is 0 Å². The quantitative estimate of drug-likeness (QED) is 0.633. The van der Waals surface area contributed by atoms with E-state index in [4.69, 9.17) is 0 Å². The molecule has 0 fully saturated rings. The second-order valence-corrected chi connectivity index (χ2v) is 4.33. The Bertz CT molecular complexity index is 271. The number of rotatable bonds is 5. The highest BCUT2D eigenvalue weighted by atomic mass is 79.9. The zero-order chi connectivity index (χ0) is 10.4. The minimum atomic E-state index is -0.354. The number of hydrogen-bond donors (Lipinski definition) is 1. The number of aliphatic hydroxyl groups is 1. The molecule has 0 bridgehead atoms. The first-order valence-electron chi connectivity index (χ1n) is 4.72. The van der Waals surface area contributed by atoms with E-state index in [1.54, 1.807) is 6.08 Å². The number of aryl methyl sites for hydroxylation is 1. The van der Waals surface area contributed by atoms with Crippen LogP contribution in [-0.4, -0.2) is 16.0 Å². The van der Waals surface area contributed by atoms with E-state index in [0.717, 1.165) is 12.8 Å². The monoisotopic (exact) mass is 254 g/mol. The van der Waals surface area contributed by atoms with Gasteiger partial charge < -0.3 is 5.11 Å². The highest BCUT2D eigenvalue weighted by Gasteiger charge is 2.11. The van der Waals surface area contributed by atoms with E-state index in [2.05, 4.69) is 34.6 Å². The van der Waals surface area contributed by atoms with Gasteiger partial charge >= 0.3 is 0 Å². The Morgan fingerprint density at radius 3 is 2.57 bits per heavy atom. The maximum atomic E-state index is 9.66. The van der Waals surface area contributed by atoms with Crippen molar-refractivity contribution < 1.29 is 5.11 Å². The molecule has 0 heterocycles. The van der Waals surface area contributed by atoms with Crippen molar-refractivity contribution in [3.63, 3.8) is 0 Å². The lowest BCUT2D eigenvalue weighted by Crippen LogP contribution is -2.18. The molecule has 14 heavy (non-hydrogen) atoms. The summed E-state index contributed by atoms with van der Waals surface area (Å²) < 4.78 is 0. The standard InChI is InChI=1S/C12H15BrO/c1-2-11(13)12(14)9-8-10-6-4-3-5-7-10/h2-7,11-12,14H,1,8-9H2/t11-,12-/m1/s1. The van der Waals surface area contributed by atoms with E-state index in [-0.39, 0.29) is 10.9 Å². The van der Waals surface area contributed by atoms with Crippen molar-refractivity contribution >= 4 is 15.9 Å². The van der Waals surface area contributed by atoms with Gasteiger partial charge in [-0.25, -0.2) is 0 Å². The van der Waals surface area contributed by atoms with Gasteiger partial charge in [-0.2, -0.15) is 0 Å². The largest absolute Gasteiger partial charge is 0.392 e. The number of hydrogen-bond acceptors (Lipinski definition) is 1. The van der Waals surface area contributed by atoms with Gasteiger partial charge in [0.15, 0.2) is 0 Å². The fourth-order valence-electron chi connectivity index (χ4n) is 1.28. The molecule has 1 rings (SSSR count). The Balaban J connectivity index is 2.37. The molecule has 0 aliphatic rings. The van der Waals surface area contributed by atoms with Gasteiger partial charge in [-0.05, 0) is 18.4 Å². The minimum absolute atomic E-state index is 0.00814. The summed E-state index contributed by atoms with van der Waals surface area (Å²) in [4.78, 5) is -0.00814. The molecule has 0 amide bonds. The molecular formula is C12H15BrO. The molecular weight excluding hydrogens is 240 g/mol. The Morgan fingerprint density at radius 1 is 1.36 bits per heavy atom. The molecule has 0 radical (unpaired) electrons. The second-order valence-electron chi connectivity index (χ2n) is 3.27. The summed E-state index contributed by atoms with van der Waals surface area (Å²) in [6.07, 6.45) is 3.02. The highest BCUT2D eigenvalue weighted by Crippen LogP contribution is 2.13. The molecule has 1 aromatic rings. The number of halogens is 1. The zero-order valence-electron chi connectivity index (χ0n) is 8.07. The van der Waals surface area contributed by atoms with Gasteiger partial charge in [-0.1, -0.05) is 52.3 Å². The highest BCUT2D eigenvalue weighted by molar-refractivity contribution is 9.09. The molecule has 0 aromatic heterocycles. The lowest BCUT2D eigenvalue weighted by atomic mass is 10.1. The fourth-order valence-corrected chi connectivity index (χ4v) is 1.54. The van der Waals surface area contributed by atoms with Crippen LogP contribution in [0.25, 0.3) is 0 Å². The topological polar surface area (TPSA) is 20.2 Å². The van der Waals surface area contributed by atoms with Crippen molar-refractivity contribution in [3.8, 4) is 0 Å². The Labute approximate surface area is 93.6 Å². The molecule has 0 saturated carbocycles. The van der Waals surface area contributed by atoms with Crippen molar-refractivity contribution in [1.29, 1.82) is 0 Å². The van der Waals surface area contributed by atoms with Crippen LogP contribution in [0.5, 0.6) is 0 Å². The lowest BCUT2D eigenvalue weighted by Gasteiger charge is -2.13. The van der Waals surface area contributed by atoms with Gasteiger partial charge in [0.25, 0.3) is 0 Å². The normalized spacial score (nSPS) is 14.7. The summed E-state index contributed by atoms with van der Waals surface area (Å²) >= 11 is 3.35. The number of benzene rings is 1. The summed E-state index contributed by atoms with van der Waals surface area (Å²) in [5.74, 6) is 0. The zero-order valence-corrected chi connectivity index (χ0v) is 9.65. The fraction of sp³-hybridized carbons (Fsp3) is 0.333. The first-order chi connectivity index (χ1) is 6.74. The van der Waals surface area contributed by atoms with E-state index in [9.17, 15) is 5.11 Å². The molecule has 0 unspecified atom stereocenters. The van der Waals surface area contributed by atoms with Gasteiger partial charge in [0.1, 0.15) is 0 Å². The average Bonchev–Trinajstić information content (AvgIpc) is 2.26. The van der Waals surface area contributed by atoms with Gasteiger partial charge in [-0.15, -0.1) is 6.58 Å². The van der Waals surface area contributed by atoms with Crippen LogP contribution >= 0.6 is 15.9 Å². The first-order valence-corrected chi connectivity index (χ1v) is 5.64. The molecule has 1 nitrogen and oxygen atoms in total. The SMILES string of the molecule is C=C[C@@H](Br)[C@H](O)CCc1ccccc1. The lowest BCUT2D eigenvalue weighted by molar-refractivity contribution is 0.175. The van der Waals surface area contributed by atoms with Crippen LogP contribution < -0.4 is 0 Å². The third-order valence-corrected chi connectivity index (χ3v) is 3.15. The summed E-state index contributed by atoms with van der Waals surface area (Å²) in [6, 6.07) is 10.2. The third-order valence-electron chi connectivity index (χ3n) is 2.16. The van der Waals surface area contributed by atoms with Crippen LogP contribution in [0.15, 0.2) is 43.0 Å². The molecule has 0 aliphatic heterocycles. The van der Waals surface area contributed by atoms with Crippen LogP contribution in [0.1, 0.15) is 12.0 Å². The summed E-state index contributed by atoms with van der Waals surface area (Å²) in [5, 5.41) is 9.66. The molecule has 1 aromatic carbocycles. The second kappa shape index (κ2) is 5.99. The van der Waals surface area contributed by atoms with Crippen LogP contribution in [0, 0.1) is 0 Å². The van der Waals surface area contributed by atoms with Crippen molar-refractivity contribution in [1.82, 2.24) is 0 Å². The van der Waals surface area contributed by atoms with E-state index in [1.165, 1.54) is 5.56 Å². The van der Waals surface area contributed by atoms with Gasteiger partial charge in [0, 0.05) is 0 Å². The van der Waals surface area contributed by atoms with Crippen molar-refractivity contribution in [2.75, 3.05) is 0 Å². The summed E-state index contributed by atoms with van der Waals surface area (Å²) in [6.45, 7) is 3.63. The van der Waals surface area contributed by atoms with Gasteiger partial charge in [0.05, 0.1) is 10.9 Å². The Kier molecular flexibility index (Phi) is 4.91. The molecule has 0 spiro atoms. The van der Waals surface area contributed by atoms with Gasteiger partial charge in [-0.3, -0.25) is 0 Å². The van der Waals surface area contributed by atoms with Crippen molar-refractivity contribution in [2.45, 2.75) is 23.8 Å². The van der Waals surface area contributed by atoms with Crippen LogP contribution in [0.3, 0.4) is 0 Å². The average molecular weight is 255 g/mol. The van der Waals surface area contributed by atoms with E-state index < -0.39 is 0 Å². The van der Waals surface area contributed by atoms with E-state index in [0.29, 0.717) is 0 Å². The predicted octanol–water partition coefficient (Wildman–Crippen LogP) is 2.93. The summed E-state index contributed by atoms with van der Waals surface area (Å²) in [7, 11) is 0. The minimum Gasteiger partial charge on any atom is -0.392 e. The summed E-state index contributed by atoms with van der Waals surface area (Å²) in [5.41, 5.74) is 1.26. The molecule has 0 saturated heterocycles. The van der Waals surface area contributed by atoms with Crippen molar-refractivity contribution in [2.24, 2.45) is 0 Å². The number of aliphatic hydroxyl groups excluding tert-OH is 1. The third kappa shape index (κ3) is 3.64. The van der Waals surface area contributed by atoms with Crippen LogP contribution in [-0.2, 0) is 6.42 Å². The molecule has 2 heteroatoms. The molecule has 1 N–H and O–H groups in total. The Hall–Kier alpha value is -0.600. The van der Waals surface area contributed by atoms with Crippen molar-refractivity contribution in [3.05, 3.63) is 48.6 Å². The Morgan fingerprint density at radius 2 is 2.00 bits per heavy atom. The van der Waals surface area contributed by atoms with E-state index >= 15 is 0 Å². The van der Waals surface area contributed by atoms with Gasteiger partial charge in [0.2, 0.25) is 0 Å². The molecule has 2 atom stereocenters.